The van der Waals surface area contributed by atoms with Crippen molar-refractivity contribution in [1.29, 1.82) is 0 Å². The summed E-state index contributed by atoms with van der Waals surface area (Å²) in [6.45, 7) is 10.5. The van der Waals surface area contributed by atoms with Crippen molar-refractivity contribution in [1.82, 2.24) is 10.6 Å². The molecule has 2 N–H and O–H groups in total. The number of amides is 1. The van der Waals surface area contributed by atoms with Crippen molar-refractivity contribution < 1.29 is 4.79 Å². The first-order chi connectivity index (χ1) is 9.76. The summed E-state index contributed by atoms with van der Waals surface area (Å²) >= 11 is 0. The Morgan fingerprint density at radius 3 is 2.38 bits per heavy atom. The predicted molar refractivity (Wildman–Crippen MR) is 88.2 cm³/mol. The maximum atomic E-state index is 12.2. The Morgan fingerprint density at radius 1 is 1.14 bits per heavy atom. The molecule has 1 saturated carbocycles. The van der Waals surface area contributed by atoms with Crippen LogP contribution in [0, 0.1) is 10.8 Å². The molecular weight excluding hydrogens is 260 g/mol. The maximum absolute atomic E-state index is 12.2. The van der Waals surface area contributed by atoms with E-state index in [2.05, 4.69) is 38.3 Å². The molecule has 1 amide bonds. The molecule has 1 heterocycles. The summed E-state index contributed by atoms with van der Waals surface area (Å²) in [6, 6.07) is 0.916. The highest BCUT2D eigenvalue weighted by Crippen LogP contribution is 2.45. The summed E-state index contributed by atoms with van der Waals surface area (Å²) in [6.07, 6.45) is 8.97. The van der Waals surface area contributed by atoms with Crippen molar-refractivity contribution in [2.24, 2.45) is 10.8 Å². The number of hydrogen-bond acceptors (Lipinski definition) is 2. The van der Waals surface area contributed by atoms with E-state index in [-0.39, 0.29) is 5.91 Å². The molecule has 0 aromatic rings. The number of rotatable bonds is 4. The molecule has 122 valence electrons. The smallest absolute Gasteiger partial charge is 0.220 e. The largest absolute Gasteiger partial charge is 0.353 e. The zero-order chi connectivity index (χ0) is 15.5. The van der Waals surface area contributed by atoms with E-state index in [1.54, 1.807) is 0 Å². The summed E-state index contributed by atoms with van der Waals surface area (Å²) < 4.78 is 0. The zero-order valence-corrected chi connectivity index (χ0v) is 14.4. The molecule has 1 saturated heterocycles. The summed E-state index contributed by atoms with van der Waals surface area (Å²) in [5.41, 5.74) is 0.676. The van der Waals surface area contributed by atoms with E-state index >= 15 is 0 Å². The Hall–Kier alpha value is -0.570. The van der Waals surface area contributed by atoms with Gasteiger partial charge in [0.25, 0.3) is 0 Å². The van der Waals surface area contributed by atoms with Gasteiger partial charge in [-0.25, -0.2) is 0 Å². The fourth-order valence-electron chi connectivity index (χ4n) is 4.72. The monoisotopic (exact) mass is 294 g/mol. The average molecular weight is 294 g/mol. The summed E-state index contributed by atoms with van der Waals surface area (Å²) in [5.74, 6) is 0.251. The molecule has 0 spiro atoms. The van der Waals surface area contributed by atoms with Crippen LogP contribution in [0.3, 0.4) is 0 Å². The first-order valence-corrected chi connectivity index (χ1v) is 8.79. The minimum absolute atomic E-state index is 0.251. The number of nitrogens with one attached hydrogen (secondary N) is 2. The fourth-order valence-corrected chi connectivity index (χ4v) is 4.72. The molecule has 3 heteroatoms. The van der Waals surface area contributed by atoms with Gasteiger partial charge in [0, 0.05) is 18.5 Å². The van der Waals surface area contributed by atoms with Crippen LogP contribution in [-0.2, 0) is 4.79 Å². The Balaban J connectivity index is 1.76. The van der Waals surface area contributed by atoms with E-state index < -0.39 is 0 Å². The van der Waals surface area contributed by atoms with Gasteiger partial charge in [-0.05, 0) is 55.9 Å². The minimum Gasteiger partial charge on any atom is -0.353 e. The van der Waals surface area contributed by atoms with Crippen LogP contribution in [0.15, 0.2) is 0 Å². The van der Waals surface area contributed by atoms with Crippen molar-refractivity contribution in [2.75, 3.05) is 6.54 Å². The van der Waals surface area contributed by atoms with Crippen molar-refractivity contribution in [3.05, 3.63) is 0 Å². The SMILES string of the molecule is CC1(C)CC(NC(=O)CCC2CCCCN2)CC(C)(C)C1. The lowest BCUT2D eigenvalue weighted by Crippen LogP contribution is -2.46. The molecule has 0 aromatic carbocycles. The predicted octanol–water partition coefficient (Wildman–Crippen LogP) is 3.63. The highest BCUT2D eigenvalue weighted by Gasteiger charge is 2.38. The topological polar surface area (TPSA) is 41.1 Å². The van der Waals surface area contributed by atoms with Gasteiger partial charge in [0.1, 0.15) is 0 Å². The second-order valence-corrected chi connectivity index (χ2v) is 8.86. The van der Waals surface area contributed by atoms with Crippen LogP contribution in [0.1, 0.15) is 79.1 Å². The van der Waals surface area contributed by atoms with Crippen LogP contribution in [0.4, 0.5) is 0 Å². The first-order valence-electron chi connectivity index (χ1n) is 8.79. The van der Waals surface area contributed by atoms with Gasteiger partial charge in [0.15, 0.2) is 0 Å². The molecule has 2 aliphatic rings. The summed E-state index contributed by atoms with van der Waals surface area (Å²) in [7, 11) is 0. The molecule has 3 nitrogen and oxygen atoms in total. The van der Waals surface area contributed by atoms with E-state index in [1.807, 2.05) is 0 Å². The van der Waals surface area contributed by atoms with Gasteiger partial charge in [0.2, 0.25) is 5.91 Å². The quantitative estimate of drug-likeness (QED) is 0.831. The van der Waals surface area contributed by atoms with E-state index in [0.29, 0.717) is 29.3 Å². The van der Waals surface area contributed by atoms with Gasteiger partial charge in [-0.15, -0.1) is 0 Å². The molecule has 1 aliphatic heterocycles. The van der Waals surface area contributed by atoms with Gasteiger partial charge in [-0.2, -0.15) is 0 Å². The number of carbonyl (C=O) groups is 1. The fraction of sp³-hybridized carbons (Fsp3) is 0.944. The molecule has 1 atom stereocenters. The molecule has 1 aliphatic carbocycles. The Labute approximate surface area is 130 Å². The lowest BCUT2D eigenvalue weighted by molar-refractivity contribution is -0.122. The Bertz CT molecular complexity index is 340. The van der Waals surface area contributed by atoms with Gasteiger partial charge in [-0.1, -0.05) is 34.1 Å². The normalized spacial score (nSPS) is 29.0. The third-order valence-electron chi connectivity index (χ3n) is 5.05. The van der Waals surface area contributed by atoms with Crippen LogP contribution < -0.4 is 10.6 Å². The maximum Gasteiger partial charge on any atom is 0.220 e. The molecule has 21 heavy (non-hydrogen) atoms. The third kappa shape index (κ3) is 5.61. The van der Waals surface area contributed by atoms with Gasteiger partial charge in [0.05, 0.1) is 0 Å². The van der Waals surface area contributed by atoms with Crippen LogP contribution in [0.25, 0.3) is 0 Å². The molecule has 1 unspecified atom stereocenters. The lowest BCUT2D eigenvalue weighted by atomic mass is 9.63. The van der Waals surface area contributed by atoms with Gasteiger partial charge in [-0.3, -0.25) is 4.79 Å². The highest BCUT2D eigenvalue weighted by atomic mass is 16.1. The van der Waals surface area contributed by atoms with E-state index in [9.17, 15) is 4.79 Å². The van der Waals surface area contributed by atoms with E-state index in [0.717, 1.165) is 25.8 Å². The van der Waals surface area contributed by atoms with Crippen LogP contribution in [0.2, 0.25) is 0 Å². The molecule has 0 radical (unpaired) electrons. The number of piperidine rings is 1. The lowest BCUT2D eigenvalue weighted by Gasteiger charge is -2.45. The van der Waals surface area contributed by atoms with Crippen molar-refractivity contribution >= 4 is 5.91 Å². The molecule has 0 aromatic heterocycles. The van der Waals surface area contributed by atoms with Gasteiger partial charge >= 0.3 is 0 Å². The molecule has 2 fully saturated rings. The van der Waals surface area contributed by atoms with Gasteiger partial charge < -0.3 is 10.6 Å². The molecule has 2 rings (SSSR count). The van der Waals surface area contributed by atoms with Crippen LogP contribution >= 0.6 is 0 Å². The van der Waals surface area contributed by atoms with E-state index in [1.165, 1.54) is 25.7 Å². The second kappa shape index (κ2) is 6.68. The Kier molecular flexibility index (Phi) is 5.34. The highest BCUT2D eigenvalue weighted by molar-refractivity contribution is 5.76. The second-order valence-electron chi connectivity index (χ2n) is 8.86. The average Bonchev–Trinajstić information content (AvgIpc) is 2.33. The third-order valence-corrected chi connectivity index (χ3v) is 5.05. The van der Waals surface area contributed by atoms with E-state index in [4.69, 9.17) is 0 Å². The van der Waals surface area contributed by atoms with Crippen LogP contribution in [-0.4, -0.2) is 24.5 Å². The van der Waals surface area contributed by atoms with Crippen LogP contribution in [0.5, 0.6) is 0 Å². The summed E-state index contributed by atoms with van der Waals surface area (Å²) in [4.78, 5) is 12.2. The molecule has 0 bridgehead atoms. The standard InChI is InChI=1S/C18H34N2O/c1-17(2)11-15(12-18(3,4)13-17)20-16(21)9-8-14-7-5-6-10-19-14/h14-15,19H,5-13H2,1-4H3,(H,20,21). The van der Waals surface area contributed by atoms with Crippen molar-refractivity contribution in [2.45, 2.75) is 91.1 Å². The number of carbonyl (C=O) groups excluding carboxylic acids is 1. The number of hydrogen-bond donors (Lipinski definition) is 2. The Morgan fingerprint density at radius 2 is 1.81 bits per heavy atom. The zero-order valence-electron chi connectivity index (χ0n) is 14.4. The molecular formula is C18H34N2O. The summed E-state index contributed by atoms with van der Waals surface area (Å²) in [5, 5.41) is 6.83. The first kappa shape index (κ1) is 16.8. The van der Waals surface area contributed by atoms with Crippen molar-refractivity contribution in [3.63, 3.8) is 0 Å². The van der Waals surface area contributed by atoms with Crippen molar-refractivity contribution in [3.8, 4) is 0 Å². The minimum atomic E-state index is 0.251.